The van der Waals surface area contributed by atoms with E-state index in [0.717, 1.165) is 25.0 Å². The molecule has 0 aliphatic carbocycles. The number of carbonyl (C=O) groups is 3. The predicted octanol–water partition coefficient (Wildman–Crippen LogP) is -2.37. The molecule has 0 fully saturated rings. The minimum atomic E-state index is -1.08. The molecule has 0 aliphatic heterocycles. The summed E-state index contributed by atoms with van der Waals surface area (Å²) in [5, 5.41) is 26.7. The molecule has 0 saturated carbocycles. The Balaban J connectivity index is -0.0000000600. The SMILES string of the molecule is CC(=O)[O-].CC(=O)[O-].CC(=O)[O-].C[CH](C)[Ti+3]. The van der Waals surface area contributed by atoms with E-state index in [4.69, 9.17) is 29.7 Å². The van der Waals surface area contributed by atoms with Crippen LogP contribution in [0.15, 0.2) is 0 Å². The Morgan fingerprint density at radius 2 is 0.812 bits per heavy atom. The molecular formula is C9H16O6Ti. The fourth-order valence-corrected chi connectivity index (χ4v) is 0. The number of carbonyl (C=O) groups excluding carboxylic acids is 3. The normalized spacial score (nSPS) is 7.00. The Kier molecular flexibility index (Phi) is 30.0. The molecule has 0 aromatic heterocycles. The number of aliphatic carboxylic acids is 3. The standard InChI is InChI=1S/C3H7.3C2H4O2.Ti/c1-3-2;3*1-2(3)4;/h3H,1-2H3;3*1H3,(H,3,4);/q;;;;+3/p-3. The van der Waals surface area contributed by atoms with Crippen LogP contribution in [0, 0.1) is 0 Å². The zero-order valence-electron chi connectivity index (χ0n) is 10.0. The summed E-state index contributed by atoms with van der Waals surface area (Å²) in [5.74, 6) is -3.25. The maximum absolute atomic E-state index is 8.89. The van der Waals surface area contributed by atoms with E-state index in [0.29, 0.717) is 0 Å². The van der Waals surface area contributed by atoms with Crippen molar-refractivity contribution < 1.29 is 50.1 Å². The van der Waals surface area contributed by atoms with Crippen molar-refractivity contribution in [1.29, 1.82) is 0 Å². The Hall–Kier alpha value is -0.876. The monoisotopic (exact) mass is 268 g/mol. The van der Waals surface area contributed by atoms with Gasteiger partial charge in [-0.2, -0.15) is 0 Å². The molecule has 0 saturated heterocycles. The summed E-state index contributed by atoms with van der Waals surface area (Å²) in [4.78, 5) is 26.7. The van der Waals surface area contributed by atoms with E-state index in [1.807, 2.05) is 0 Å². The van der Waals surface area contributed by atoms with Crippen molar-refractivity contribution in [1.82, 2.24) is 0 Å². The van der Waals surface area contributed by atoms with Gasteiger partial charge in [0.25, 0.3) is 0 Å². The van der Waals surface area contributed by atoms with Gasteiger partial charge in [-0.3, -0.25) is 0 Å². The first-order valence-electron chi connectivity index (χ1n) is 4.17. The molecule has 0 atom stereocenters. The maximum atomic E-state index is 8.89. The summed E-state index contributed by atoms with van der Waals surface area (Å²) in [5.41, 5.74) is 0. The second-order valence-electron chi connectivity index (χ2n) is 2.63. The van der Waals surface area contributed by atoms with E-state index in [-0.39, 0.29) is 0 Å². The molecule has 0 rings (SSSR count). The van der Waals surface area contributed by atoms with Gasteiger partial charge in [0.1, 0.15) is 0 Å². The van der Waals surface area contributed by atoms with Crippen LogP contribution in [0.3, 0.4) is 0 Å². The van der Waals surface area contributed by atoms with E-state index in [1.165, 1.54) is 0 Å². The van der Waals surface area contributed by atoms with E-state index >= 15 is 0 Å². The van der Waals surface area contributed by atoms with Crippen molar-refractivity contribution in [3.05, 3.63) is 0 Å². The first-order valence-corrected chi connectivity index (χ1v) is 5.07. The summed E-state index contributed by atoms with van der Waals surface area (Å²) in [6, 6.07) is 0. The summed E-state index contributed by atoms with van der Waals surface area (Å²) >= 11 is 2.17. The Bertz CT molecular complexity index is 147. The van der Waals surface area contributed by atoms with Crippen LogP contribution in [0.25, 0.3) is 0 Å². The van der Waals surface area contributed by atoms with Gasteiger partial charge in [-0.05, 0) is 20.8 Å². The van der Waals surface area contributed by atoms with Crippen LogP contribution in [0.2, 0.25) is 4.22 Å². The minimum absolute atomic E-state index is 0.833. The number of hydrogen-bond acceptors (Lipinski definition) is 6. The van der Waals surface area contributed by atoms with Crippen LogP contribution in [0.5, 0.6) is 0 Å². The van der Waals surface area contributed by atoms with Gasteiger partial charge in [-0.25, -0.2) is 0 Å². The summed E-state index contributed by atoms with van der Waals surface area (Å²) in [6.45, 7) is 7.25. The van der Waals surface area contributed by atoms with Crippen LogP contribution in [-0.4, -0.2) is 17.9 Å². The molecular weight excluding hydrogens is 252 g/mol. The molecule has 0 heterocycles. The molecule has 0 unspecified atom stereocenters. The Morgan fingerprint density at radius 1 is 0.812 bits per heavy atom. The van der Waals surface area contributed by atoms with Crippen molar-refractivity contribution in [3.8, 4) is 0 Å². The fraction of sp³-hybridized carbons (Fsp3) is 0.667. The molecule has 0 N–H and O–H groups in total. The van der Waals surface area contributed by atoms with Gasteiger partial charge in [0, 0.05) is 17.9 Å². The van der Waals surface area contributed by atoms with E-state index < -0.39 is 17.9 Å². The molecule has 6 nitrogen and oxygen atoms in total. The van der Waals surface area contributed by atoms with Crippen LogP contribution < -0.4 is 15.3 Å². The van der Waals surface area contributed by atoms with Gasteiger partial charge in [0.2, 0.25) is 0 Å². The molecule has 0 amide bonds. The van der Waals surface area contributed by atoms with Crippen LogP contribution >= 0.6 is 0 Å². The van der Waals surface area contributed by atoms with Crippen molar-refractivity contribution in [2.24, 2.45) is 0 Å². The molecule has 0 aromatic rings. The first-order chi connectivity index (χ1) is 6.93. The van der Waals surface area contributed by atoms with Crippen molar-refractivity contribution in [2.45, 2.75) is 38.8 Å². The molecule has 92 valence electrons. The molecule has 0 radical (unpaired) electrons. The number of rotatable bonds is 0. The Morgan fingerprint density at radius 3 is 0.812 bits per heavy atom. The zero-order valence-corrected chi connectivity index (χ0v) is 11.6. The fourth-order valence-electron chi connectivity index (χ4n) is 0. The second kappa shape index (κ2) is 19.7. The van der Waals surface area contributed by atoms with E-state index in [2.05, 4.69) is 34.3 Å². The van der Waals surface area contributed by atoms with Crippen LogP contribution in [0.1, 0.15) is 34.6 Å². The van der Waals surface area contributed by atoms with Crippen molar-refractivity contribution >= 4 is 17.9 Å². The van der Waals surface area contributed by atoms with E-state index in [1.54, 1.807) is 0 Å². The topological polar surface area (TPSA) is 120 Å². The van der Waals surface area contributed by atoms with Gasteiger partial charge in [-0.1, -0.05) is 0 Å². The molecule has 7 heteroatoms. The van der Waals surface area contributed by atoms with Crippen LogP contribution in [0.4, 0.5) is 0 Å². The zero-order chi connectivity index (χ0) is 14.3. The average molecular weight is 268 g/mol. The molecule has 0 bridgehead atoms. The third-order valence-corrected chi connectivity index (χ3v) is 0. The molecule has 0 spiro atoms. The van der Waals surface area contributed by atoms with Gasteiger partial charge >= 0.3 is 38.5 Å². The number of hydrogen-bond donors (Lipinski definition) is 0. The summed E-state index contributed by atoms with van der Waals surface area (Å²) in [7, 11) is 0. The summed E-state index contributed by atoms with van der Waals surface area (Å²) in [6.07, 6.45) is 0. The number of carboxylic acid groups (broad SMARTS) is 3. The molecule has 0 aromatic carbocycles. The van der Waals surface area contributed by atoms with Crippen molar-refractivity contribution in [3.63, 3.8) is 0 Å². The molecule has 0 aliphatic rings. The average Bonchev–Trinajstić information content (AvgIpc) is 1.76. The van der Waals surface area contributed by atoms with Crippen LogP contribution in [-0.2, 0) is 34.8 Å². The second-order valence-corrected chi connectivity index (χ2v) is 4.43. The number of carboxylic acids is 3. The van der Waals surface area contributed by atoms with Gasteiger partial charge in [0.15, 0.2) is 0 Å². The van der Waals surface area contributed by atoms with E-state index in [9.17, 15) is 0 Å². The summed E-state index contributed by atoms with van der Waals surface area (Å²) < 4.78 is 0.833. The predicted molar refractivity (Wildman–Crippen MR) is 47.1 cm³/mol. The third kappa shape index (κ3) is 2520. The van der Waals surface area contributed by atoms with Gasteiger partial charge < -0.3 is 29.7 Å². The molecule has 16 heavy (non-hydrogen) atoms. The Labute approximate surface area is 107 Å². The first kappa shape index (κ1) is 24.4. The quantitative estimate of drug-likeness (QED) is 0.453. The third-order valence-electron chi connectivity index (χ3n) is 0. The van der Waals surface area contributed by atoms with Crippen molar-refractivity contribution in [2.75, 3.05) is 0 Å². The van der Waals surface area contributed by atoms with Gasteiger partial charge in [0.05, 0.1) is 0 Å². The van der Waals surface area contributed by atoms with Gasteiger partial charge in [-0.15, -0.1) is 0 Å².